The lowest BCUT2D eigenvalue weighted by molar-refractivity contribution is -0.156. The summed E-state index contributed by atoms with van der Waals surface area (Å²) in [6.45, 7) is 4.22. The SMILES string of the molecule is C=CCOC(=O)C1(CN)CCCCC1. The van der Waals surface area contributed by atoms with Crippen LogP contribution in [0.2, 0.25) is 0 Å². The quantitative estimate of drug-likeness (QED) is 0.550. The first-order chi connectivity index (χ1) is 6.75. The van der Waals surface area contributed by atoms with Crippen LogP contribution in [0.1, 0.15) is 32.1 Å². The van der Waals surface area contributed by atoms with Crippen molar-refractivity contribution < 1.29 is 9.53 Å². The second-order valence-corrected chi connectivity index (χ2v) is 3.93. The first kappa shape index (κ1) is 11.2. The van der Waals surface area contributed by atoms with Crippen molar-refractivity contribution in [2.24, 2.45) is 11.1 Å². The predicted molar refractivity (Wildman–Crippen MR) is 55.7 cm³/mol. The van der Waals surface area contributed by atoms with E-state index in [9.17, 15) is 4.79 Å². The van der Waals surface area contributed by atoms with Gasteiger partial charge in [-0.2, -0.15) is 0 Å². The van der Waals surface area contributed by atoms with E-state index in [1.54, 1.807) is 6.08 Å². The van der Waals surface area contributed by atoms with Gasteiger partial charge in [-0.3, -0.25) is 4.79 Å². The van der Waals surface area contributed by atoms with Crippen LogP contribution < -0.4 is 5.73 Å². The minimum atomic E-state index is -0.402. The molecule has 80 valence electrons. The van der Waals surface area contributed by atoms with Crippen LogP contribution in [0.15, 0.2) is 12.7 Å². The summed E-state index contributed by atoms with van der Waals surface area (Å²) in [5.74, 6) is -0.139. The maximum absolute atomic E-state index is 11.8. The van der Waals surface area contributed by atoms with Crippen molar-refractivity contribution in [2.75, 3.05) is 13.2 Å². The number of carbonyl (C=O) groups is 1. The zero-order valence-corrected chi connectivity index (χ0v) is 8.63. The molecule has 0 bridgehead atoms. The highest BCUT2D eigenvalue weighted by Gasteiger charge is 2.39. The Labute approximate surface area is 85.3 Å². The van der Waals surface area contributed by atoms with E-state index in [-0.39, 0.29) is 5.97 Å². The van der Waals surface area contributed by atoms with Gasteiger partial charge in [0.05, 0.1) is 5.41 Å². The number of hydrogen-bond acceptors (Lipinski definition) is 3. The third-order valence-corrected chi connectivity index (χ3v) is 2.97. The molecule has 1 aliphatic carbocycles. The lowest BCUT2D eigenvalue weighted by atomic mass is 9.74. The molecular formula is C11H19NO2. The van der Waals surface area contributed by atoms with E-state index < -0.39 is 5.41 Å². The van der Waals surface area contributed by atoms with E-state index in [0.717, 1.165) is 25.7 Å². The second-order valence-electron chi connectivity index (χ2n) is 3.93. The van der Waals surface area contributed by atoms with E-state index >= 15 is 0 Å². The zero-order chi connectivity index (χ0) is 10.4. The Morgan fingerprint density at radius 1 is 1.43 bits per heavy atom. The smallest absolute Gasteiger partial charge is 0.313 e. The number of carbonyl (C=O) groups excluding carboxylic acids is 1. The summed E-state index contributed by atoms with van der Waals surface area (Å²) in [6.07, 6.45) is 6.71. The average Bonchev–Trinajstić information content (AvgIpc) is 2.26. The van der Waals surface area contributed by atoms with E-state index in [1.165, 1.54) is 6.42 Å². The van der Waals surface area contributed by atoms with Gasteiger partial charge in [0.2, 0.25) is 0 Å². The van der Waals surface area contributed by atoms with Gasteiger partial charge in [-0.15, -0.1) is 0 Å². The topological polar surface area (TPSA) is 52.3 Å². The van der Waals surface area contributed by atoms with Gasteiger partial charge < -0.3 is 10.5 Å². The molecule has 0 atom stereocenters. The molecule has 0 aromatic heterocycles. The fourth-order valence-electron chi connectivity index (χ4n) is 2.01. The summed E-state index contributed by atoms with van der Waals surface area (Å²) in [4.78, 5) is 11.8. The zero-order valence-electron chi connectivity index (χ0n) is 8.63. The third-order valence-electron chi connectivity index (χ3n) is 2.97. The molecule has 1 rings (SSSR count). The first-order valence-corrected chi connectivity index (χ1v) is 5.23. The fourth-order valence-corrected chi connectivity index (χ4v) is 2.01. The van der Waals surface area contributed by atoms with Crippen LogP contribution in [0.25, 0.3) is 0 Å². The number of esters is 1. The molecule has 1 saturated carbocycles. The monoisotopic (exact) mass is 197 g/mol. The molecule has 0 amide bonds. The van der Waals surface area contributed by atoms with Crippen LogP contribution >= 0.6 is 0 Å². The minimum Gasteiger partial charge on any atom is -0.461 e. The van der Waals surface area contributed by atoms with Crippen LogP contribution in [0.4, 0.5) is 0 Å². The van der Waals surface area contributed by atoms with Crippen LogP contribution in [-0.4, -0.2) is 19.1 Å². The highest BCUT2D eigenvalue weighted by molar-refractivity contribution is 5.77. The Morgan fingerprint density at radius 2 is 2.07 bits per heavy atom. The van der Waals surface area contributed by atoms with Crippen LogP contribution in [0.5, 0.6) is 0 Å². The average molecular weight is 197 g/mol. The number of ether oxygens (including phenoxy) is 1. The molecule has 14 heavy (non-hydrogen) atoms. The molecule has 3 nitrogen and oxygen atoms in total. The van der Waals surface area contributed by atoms with Crippen molar-refractivity contribution in [2.45, 2.75) is 32.1 Å². The molecule has 0 spiro atoms. The lowest BCUT2D eigenvalue weighted by Crippen LogP contribution is -2.41. The number of rotatable bonds is 4. The van der Waals surface area contributed by atoms with Gasteiger partial charge in [-0.1, -0.05) is 31.9 Å². The number of hydrogen-bond donors (Lipinski definition) is 1. The van der Waals surface area contributed by atoms with E-state index in [0.29, 0.717) is 13.2 Å². The van der Waals surface area contributed by atoms with Gasteiger partial charge in [0.1, 0.15) is 6.61 Å². The van der Waals surface area contributed by atoms with Crippen molar-refractivity contribution in [3.63, 3.8) is 0 Å². The third kappa shape index (κ3) is 2.35. The lowest BCUT2D eigenvalue weighted by Gasteiger charge is -2.33. The van der Waals surface area contributed by atoms with Gasteiger partial charge in [0.15, 0.2) is 0 Å². The molecule has 0 saturated heterocycles. The number of nitrogens with two attached hydrogens (primary N) is 1. The van der Waals surface area contributed by atoms with Crippen LogP contribution in [0, 0.1) is 5.41 Å². The highest BCUT2D eigenvalue weighted by atomic mass is 16.5. The molecule has 3 heteroatoms. The van der Waals surface area contributed by atoms with Crippen LogP contribution in [0.3, 0.4) is 0 Å². The highest BCUT2D eigenvalue weighted by Crippen LogP contribution is 2.36. The summed E-state index contributed by atoms with van der Waals surface area (Å²) in [5, 5.41) is 0. The summed E-state index contributed by atoms with van der Waals surface area (Å²) in [7, 11) is 0. The predicted octanol–water partition coefficient (Wildman–Crippen LogP) is 1.62. The molecule has 0 aliphatic heterocycles. The van der Waals surface area contributed by atoms with Crippen molar-refractivity contribution in [1.29, 1.82) is 0 Å². The maximum Gasteiger partial charge on any atom is 0.313 e. The molecule has 0 heterocycles. The molecule has 0 radical (unpaired) electrons. The molecular weight excluding hydrogens is 178 g/mol. The Hall–Kier alpha value is -0.830. The fraction of sp³-hybridized carbons (Fsp3) is 0.727. The van der Waals surface area contributed by atoms with Gasteiger partial charge in [-0.05, 0) is 12.8 Å². The molecule has 0 aromatic rings. The van der Waals surface area contributed by atoms with E-state index in [4.69, 9.17) is 10.5 Å². The van der Waals surface area contributed by atoms with Gasteiger partial charge >= 0.3 is 5.97 Å². The Bertz CT molecular complexity index is 207. The van der Waals surface area contributed by atoms with E-state index in [2.05, 4.69) is 6.58 Å². The van der Waals surface area contributed by atoms with Crippen LogP contribution in [-0.2, 0) is 9.53 Å². The summed E-state index contributed by atoms with van der Waals surface area (Å²) in [6, 6.07) is 0. The van der Waals surface area contributed by atoms with Gasteiger partial charge in [0.25, 0.3) is 0 Å². The Morgan fingerprint density at radius 3 is 2.57 bits per heavy atom. The molecule has 0 aromatic carbocycles. The standard InChI is InChI=1S/C11H19NO2/c1-2-8-14-10(13)11(9-12)6-4-3-5-7-11/h2H,1,3-9,12H2. The molecule has 1 aliphatic rings. The Balaban J connectivity index is 2.57. The van der Waals surface area contributed by atoms with E-state index in [1.807, 2.05) is 0 Å². The minimum absolute atomic E-state index is 0.139. The molecule has 0 unspecified atom stereocenters. The maximum atomic E-state index is 11.8. The summed E-state index contributed by atoms with van der Waals surface area (Å²) in [5.41, 5.74) is 5.28. The largest absolute Gasteiger partial charge is 0.461 e. The van der Waals surface area contributed by atoms with Crippen molar-refractivity contribution in [1.82, 2.24) is 0 Å². The normalized spacial score (nSPS) is 20.1. The summed E-state index contributed by atoms with van der Waals surface area (Å²) >= 11 is 0. The van der Waals surface area contributed by atoms with Crippen molar-refractivity contribution >= 4 is 5.97 Å². The van der Waals surface area contributed by atoms with Crippen molar-refractivity contribution in [3.8, 4) is 0 Å². The second kappa shape index (κ2) is 5.15. The van der Waals surface area contributed by atoms with Gasteiger partial charge in [0, 0.05) is 6.54 Å². The summed E-state index contributed by atoms with van der Waals surface area (Å²) < 4.78 is 5.09. The van der Waals surface area contributed by atoms with Gasteiger partial charge in [-0.25, -0.2) is 0 Å². The Kier molecular flexibility index (Phi) is 4.14. The van der Waals surface area contributed by atoms with Crippen molar-refractivity contribution in [3.05, 3.63) is 12.7 Å². The molecule has 1 fully saturated rings. The first-order valence-electron chi connectivity index (χ1n) is 5.23. The molecule has 2 N–H and O–H groups in total.